The van der Waals surface area contributed by atoms with Crippen LogP contribution in [0, 0.1) is 11.7 Å². The number of carboxylic acids is 1. The van der Waals surface area contributed by atoms with Crippen LogP contribution in [0.4, 0.5) is 4.39 Å². The lowest BCUT2D eigenvalue weighted by Crippen LogP contribution is -2.45. The van der Waals surface area contributed by atoms with Gasteiger partial charge < -0.3 is 14.9 Å². The number of benzene rings is 1. The van der Waals surface area contributed by atoms with E-state index in [1.54, 1.807) is 4.90 Å². The molecule has 2 rings (SSSR count). The SMILES string of the molecule is CN(CC(=O)N1CCC(C(=O)O)CC1)C(=O)Cc1ccc(F)cc1Cl. The summed E-state index contributed by atoms with van der Waals surface area (Å²) in [5.74, 6) is -2.25. The highest BCUT2D eigenvalue weighted by molar-refractivity contribution is 6.31. The standard InChI is InChI=1S/C17H20ClFN2O4/c1-20(15(22)8-12-2-3-13(19)9-14(12)18)10-16(23)21-6-4-11(5-7-21)17(24)25/h2-3,9,11H,4-8,10H2,1H3,(H,24,25). The van der Waals surface area contributed by atoms with Gasteiger partial charge in [0, 0.05) is 25.2 Å². The molecule has 1 aromatic rings. The van der Waals surface area contributed by atoms with Crippen LogP contribution in [0.25, 0.3) is 0 Å². The number of halogens is 2. The Morgan fingerprint density at radius 3 is 2.52 bits per heavy atom. The third-order valence-electron chi connectivity index (χ3n) is 4.35. The second-order valence-corrected chi connectivity index (χ2v) is 6.56. The molecule has 1 aliphatic heterocycles. The van der Waals surface area contributed by atoms with Crippen molar-refractivity contribution < 1.29 is 23.9 Å². The van der Waals surface area contributed by atoms with Crippen molar-refractivity contribution in [2.75, 3.05) is 26.7 Å². The minimum absolute atomic E-state index is 0.0238. The van der Waals surface area contributed by atoms with E-state index in [1.807, 2.05) is 0 Å². The molecule has 0 bridgehead atoms. The normalized spacial score (nSPS) is 15.1. The molecule has 1 saturated heterocycles. The molecule has 0 atom stereocenters. The summed E-state index contributed by atoms with van der Waals surface area (Å²) in [6.07, 6.45) is 0.817. The number of nitrogens with zero attached hydrogens (tertiary/aromatic N) is 2. The highest BCUT2D eigenvalue weighted by Gasteiger charge is 2.27. The zero-order valence-electron chi connectivity index (χ0n) is 13.9. The molecule has 0 aliphatic carbocycles. The first kappa shape index (κ1) is 19.2. The van der Waals surface area contributed by atoms with Crippen molar-refractivity contribution in [3.05, 3.63) is 34.6 Å². The van der Waals surface area contributed by atoms with Crippen LogP contribution in [0.2, 0.25) is 5.02 Å². The van der Waals surface area contributed by atoms with Crippen molar-refractivity contribution in [2.45, 2.75) is 19.3 Å². The Labute approximate surface area is 150 Å². The molecule has 0 radical (unpaired) electrons. The van der Waals surface area contributed by atoms with E-state index in [0.29, 0.717) is 31.5 Å². The molecule has 0 spiro atoms. The molecule has 1 aromatic carbocycles. The van der Waals surface area contributed by atoms with Gasteiger partial charge in [-0.2, -0.15) is 0 Å². The zero-order chi connectivity index (χ0) is 18.6. The van der Waals surface area contributed by atoms with Gasteiger partial charge in [0.25, 0.3) is 0 Å². The second kappa shape index (κ2) is 8.29. The van der Waals surface area contributed by atoms with Gasteiger partial charge in [-0.25, -0.2) is 4.39 Å². The van der Waals surface area contributed by atoms with Gasteiger partial charge in [0.2, 0.25) is 11.8 Å². The fourth-order valence-electron chi connectivity index (χ4n) is 2.73. The lowest BCUT2D eigenvalue weighted by atomic mass is 9.97. The van der Waals surface area contributed by atoms with Crippen LogP contribution >= 0.6 is 11.6 Å². The number of hydrogen-bond acceptors (Lipinski definition) is 3. The van der Waals surface area contributed by atoms with Gasteiger partial charge in [-0.1, -0.05) is 17.7 Å². The fraction of sp³-hybridized carbons (Fsp3) is 0.471. The monoisotopic (exact) mass is 370 g/mol. The number of piperidine rings is 1. The number of carbonyl (C=O) groups is 3. The van der Waals surface area contributed by atoms with Crippen molar-refractivity contribution in [3.8, 4) is 0 Å². The number of carboxylic acid groups (broad SMARTS) is 1. The Balaban J connectivity index is 1.86. The van der Waals surface area contributed by atoms with Gasteiger partial charge >= 0.3 is 5.97 Å². The molecule has 1 N–H and O–H groups in total. The minimum Gasteiger partial charge on any atom is -0.481 e. The van der Waals surface area contributed by atoms with E-state index >= 15 is 0 Å². The first-order valence-corrected chi connectivity index (χ1v) is 8.34. The van der Waals surface area contributed by atoms with Crippen LogP contribution in [0.3, 0.4) is 0 Å². The number of rotatable bonds is 5. The maximum atomic E-state index is 13.0. The lowest BCUT2D eigenvalue weighted by Gasteiger charge is -2.31. The van der Waals surface area contributed by atoms with E-state index in [9.17, 15) is 18.8 Å². The van der Waals surface area contributed by atoms with E-state index in [1.165, 1.54) is 24.1 Å². The van der Waals surface area contributed by atoms with Gasteiger partial charge in [0.05, 0.1) is 18.9 Å². The van der Waals surface area contributed by atoms with Crippen molar-refractivity contribution in [1.82, 2.24) is 9.80 Å². The third kappa shape index (κ3) is 5.16. The predicted molar refractivity (Wildman–Crippen MR) is 89.7 cm³/mol. The molecular weight excluding hydrogens is 351 g/mol. The number of amides is 2. The maximum absolute atomic E-state index is 13.0. The number of aliphatic carboxylic acids is 1. The minimum atomic E-state index is -0.837. The molecule has 8 heteroatoms. The number of hydrogen-bond donors (Lipinski definition) is 1. The summed E-state index contributed by atoms with van der Waals surface area (Å²) in [5.41, 5.74) is 0.495. The first-order chi connectivity index (χ1) is 11.8. The molecule has 1 aliphatic rings. The van der Waals surface area contributed by atoms with E-state index in [0.717, 1.165) is 6.07 Å². The smallest absolute Gasteiger partial charge is 0.306 e. The van der Waals surface area contributed by atoms with Gasteiger partial charge in [-0.05, 0) is 30.5 Å². The van der Waals surface area contributed by atoms with Crippen molar-refractivity contribution >= 4 is 29.4 Å². The van der Waals surface area contributed by atoms with Crippen LogP contribution in [0.1, 0.15) is 18.4 Å². The average molecular weight is 371 g/mol. The first-order valence-electron chi connectivity index (χ1n) is 7.96. The molecule has 2 amide bonds. The second-order valence-electron chi connectivity index (χ2n) is 6.16. The van der Waals surface area contributed by atoms with Gasteiger partial charge in [0.1, 0.15) is 5.82 Å². The predicted octanol–water partition coefficient (Wildman–Crippen LogP) is 1.80. The summed E-state index contributed by atoms with van der Waals surface area (Å²) in [6, 6.07) is 3.82. The Hall–Kier alpha value is -2.15. The quantitative estimate of drug-likeness (QED) is 0.857. The summed E-state index contributed by atoms with van der Waals surface area (Å²) in [5, 5.41) is 9.14. The molecule has 6 nitrogen and oxygen atoms in total. The molecule has 0 saturated carbocycles. The van der Waals surface area contributed by atoms with Gasteiger partial charge in [0.15, 0.2) is 0 Å². The van der Waals surface area contributed by atoms with E-state index in [4.69, 9.17) is 16.7 Å². The molecule has 1 heterocycles. The highest BCUT2D eigenvalue weighted by atomic mass is 35.5. The summed E-state index contributed by atoms with van der Waals surface area (Å²) >= 11 is 5.91. The van der Waals surface area contributed by atoms with Crippen molar-refractivity contribution in [2.24, 2.45) is 5.92 Å². The molecule has 136 valence electrons. The lowest BCUT2D eigenvalue weighted by molar-refractivity contribution is -0.146. The highest BCUT2D eigenvalue weighted by Crippen LogP contribution is 2.19. The van der Waals surface area contributed by atoms with E-state index < -0.39 is 17.7 Å². The van der Waals surface area contributed by atoms with E-state index in [2.05, 4.69) is 0 Å². The molecular formula is C17H20ClFN2O4. The number of carbonyl (C=O) groups excluding carboxylic acids is 2. The van der Waals surface area contributed by atoms with Crippen LogP contribution in [-0.2, 0) is 20.8 Å². The Kier molecular flexibility index (Phi) is 6.36. The van der Waals surface area contributed by atoms with Crippen LogP contribution in [-0.4, -0.2) is 59.4 Å². The maximum Gasteiger partial charge on any atom is 0.306 e. The Morgan fingerprint density at radius 2 is 1.96 bits per heavy atom. The van der Waals surface area contributed by atoms with Gasteiger partial charge in [-0.3, -0.25) is 14.4 Å². The number of likely N-dealkylation sites (tertiary alicyclic amines) is 1. The fourth-order valence-corrected chi connectivity index (χ4v) is 2.96. The van der Waals surface area contributed by atoms with Gasteiger partial charge in [-0.15, -0.1) is 0 Å². The molecule has 0 unspecified atom stereocenters. The van der Waals surface area contributed by atoms with Crippen molar-refractivity contribution in [1.29, 1.82) is 0 Å². The van der Waals surface area contributed by atoms with Crippen molar-refractivity contribution in [3.63, 3.8) is 0 Å². The third-order valence-corrected chi connectivity index (χ3v) is 4.70. The zero-order valence-corrected chi connectivity index (χ0v) is 14.6. The summed E-state index contributed by atoms with van der Waals surface area (Å²) < 4.78 is 13.0. The average Bonchev–Trinajstić information content (AvgIpc) is 2.57. The largest absolute Gasteiger partial charge is 0.481 e. The summed E-state index contributed by atoms with van der Waals surface area (Å²) in [4.78, 5) is 38.3. The molecule has 25 heavy (non-hydrogen) atoms. The topological polar surface area (TPSA) is 77.9 Å². The summed E-state index contributed by atoms with van der Waals surface area (Å²) in [7, 11) is 1.52. The van der Waals surface area contributed by atoms with Crippen LogP contribution in [0.15, 0.2) is 18.2 Å². The molecule has 0 aromatic heterocycles. The van der Waals surface area contributed by atoms with E-state index in [-0.39, 0.29) is 29.8 Å². The summed E-state index contributed by atoms with van der Waals surface area (Å²) in [6.45, 7) is 0.665. The Bertz CT molecular complexity index is 675. The Morgan fingerprint density at radius 1 is 1.32 bits per heavy atom. The van der Waals surface area contributed by atoms with Crippen LogP contribution in [0.5, 0.6) is 0 Å². The van der Waals surface area contributed by atoms with Crippen LogP contribution < -0.4 is 0 Å². The number of likely N-dealkylation sites (N-methyl/N-ethyl adjacent to an activating group) is 1. The molecule has 1 fully saturated rings.